The quantitative estimate of drug-likeness (QED) is 0.792. The molecule has 1 aliphatic rings. The number of amides is 1. The lowest BCUT2D eigenvalue weighted by molar-refractivity contribution is -0.116. The highest BCUT2D eigenvalue weighted by molar-refractivity contribution is 9.10. The second kappa shape index (κ2) is 6.16. The third-order valence-electron chi connectivity index (χ3n) is 3.08. The summed E-state index contributed by atoms with van der Waals surface area (Å²) in [5, 5.41) is 14.9. The number of benzene rings is 1. The molecule has 6 heteroatoms. The molecule has 19 heavy (non-hydrogen) atoms. The maximum absolute atomic E-state index is 11.9. The number of nitrogens with one attached hydrogen (secondary N) is 2. The molecule has 1 saturated heterocycles. The predicted octanol–water partition coefficient (Wildman–Crippen LogP) is 2.23. The molecule has 1 aliphatic heterocycles. The van der Waals surface area contributed by atoms with E-state index in [2.05, 4.69) is 26.6 Å². The molecule has 1 heterocycles. The van der Waals surface area contributed by atoms with Gasteiger partial charge in [0.05, 0.1) is 11.3 Å². The number of carbonyl (C=O) groups is 2. The fourth-order valence-electron chi connectivity index (χ4n) is 2.11. The van der Waals surface area contributed by atoms with Crippen molar-refractivity contribution in [3.63, 3.8) is 0 Å². The van der Waals surface area contributed by atoms with Crippen LogP contribution in [0.15, 0.2) is 22.7 Å². The molecule has 0 radical (unpaired) electrons. The van der Waals surface area contributed by atoms with Gasteiger partial charge in [0, 0.05) is 16.9 Å². The monoisotopic (exact) mass is 326 g/mol. The minimum atomic E-state index is -0.992. The Morgan fingerprint density at radius 2 is 2.26 bits per heavy atom. The van der Waals surface area contributed by atoms with E-state index in [0.29, 0.717) is 16.6 Å². The number of rotatable bonds is 4. The Labute approximate surface area is 119 Å². The molecule has 1 aromatic rings. The van der Waals surface area contributed by atoms with Gasteiger partial charge in [-0.05, 0) is 53.5 Å². The number of halogens is 1. The molecular weight excluding hydrogens is 312 g/mol. The average molecular weight is 327 g/mol. The van der Waals surface area contributed by atoms with Crippen LogP contribution in [0.5, 0.6) is 0 Å². The zero-order chi connectivity index (χ0) is 13.8. The van der Waals surface area contributed by atoms with Gasteiger partial charge in [-0.25, -0.2) is 4.79 Å². The van der Waals surface area contributed by atoms with Crippen molar-refractivity contribution in [2.75, 3.05) is 11.9 Å². The van der Waals surface area contributed by atoms with E-state index in [1.54, 1.807) is 6.07 Å². The summed E-state index contributed by atoms with van der Waals surface area (Å²) in [4.78, 5) is 22.7. The Balaban J connectivity index is 1.98. The SMILES string of the molecule is O=C(CC1CCCN1)Nc1ccc(C(=O)O)cc1Br. The van der Waals surface area contributed by atoms with Crippen molar-refractivity contribution in [2.45, 2.75) is 25.3 Å². The van der Waals surface area contributed by atoms with Crippen molar-refractivity contribution in [3.8, 4) is 0 Å². The van der Waals surface area contributed by atoms with Crippen LogP contribution in [0, 0.1) is 0 Å². The van der Waals surface area contributed by atoms with Gasteiger partial charge >= 0.3 is 5.97 Å². The van der Waals surface area contributed by atoms with Crippen molar-refractivity contribution in [1.82, 2.24) is 5.32 Å². The minimum Gasteiger partial charge on any atom is -0.478 e. The minimum absolute atomic E-state index is 0.0665. The molecule has 0 saturated carbocycles. The predicted molar refractivity (Wildman–Crippen MR) is 75.4 cm³/mol. The first-order chi connectivity index (χ1) is 9.06. The molecule has 1 unspecified atom stereocenters. The van der Waals surface area contributed by atoms with Crippen LogP contribution in [0.2, 0.25) is 0 Å². The smallest absolute Gasteiger partial charge is 0.335 e. The van der Waals surface area contributed by atoms with E-state index in [4.69, 9.17) is 5.11 Å². The van der Waals surface area contributed by atoms with Crippen molar-refractivity contribution in [2.24, 2.45) is 0 Å². The summed E-state index contributed by atoms with van der Waals surface area (Å²) in [5.74, 6) is -1.06. The van der Waals surface area contributed by atoms with Crippen LogP contribution in [-0.4, -0.2) is 29.6 Å². The highest BCUT2D eigenvalue weighted by Crippen LogP contribution is 2.24. The first-order valence-electron chi connectivity index (χ1n) is 6.12. The van der Waals surface area contributed by atoms with Gasteiger partial charge in [-0.15, -0.1) is 0 Å². The lowest BCUT2D eigenvalue weighted by atomic mass is 10.1. The Bertz CT molecular complexity index is 499. The normalized spacial score (nSPS) is 18.3. The van der Waals surface area contributed by atoms with Crippen molar-refractivity contribution < 1.29 is 14.7 Å². The number of hydrogen-bond donors (Lipinski definition) is 3. The van der Waals surface area contributed by atoms with Gasteiger partial charge in [-0.3, -0.25) is 4.79 Å². The lowest BCUT2D eigenvalue weighted by Crippen LogP contribution is -2.27. The fourth-order valence-corrected chi connectivity index (χ4v) is 2.58. The van der Waals surface area contributed by atoms with Crippen LogP contribution in [0.3, 0.4) is 0 Å². The second-order valence-corrected chi connectivity index (χ2v) is 5.40. The summed E-state index contributed by atoms with van der Waals surface area (Å²) in [6.07, 6.45) is 2.56. The number of carboxylic acids is 1. The summed E-state index contributed by atoms with van der Waals surface area (Å²) in [5.41, 5.74) is 0.773. The largest absolute Gasteiger partial charge is 0.478 e. The average Bonchev–Trinajstić information content (AvgIpc) is 2.84. The van der Waals surface area contributed by atoms with Crippen molar-refractivity contribution in [3.05, 3.63) is 28.2 Å². The van der Waals surface area contributed by atoms with Gasteiger partial charge in [-0.1, -0.05) is 0 Å². The van der Waals surface area contributed by atoms with Gasteiger partial charge in [0.1, 0.15) is 0 Å². The molecule has 0 bridgehead atoms. The Morgan fingerprint density at radius 3 is 2.84 bits per heavy atom. The van der Waals surface area contributed by atoms with E-state index in [-0.39, 0.29) is 17.5 Å². The summed E-state index contributed by atoms with van der Waals surface area (Å²) >= 11 is 3.26. The molecule has 1 aromatic carbocycles. The summed E-state index contributed by atoms with van der Waals surface area (Å²) < 4.78 is 0.570. The van der Waals surface area contributed by atoms with Crippen LogP contribution in [0.4, 0.5) is 5.69 Å². The van der Waals surface area contributed by atoms with Crippen LogP contribution >= 0.6 is 15.9 Å². The van der Waals surface area contributed by atoms with E-state index >= 15 is 0 Å². The second-order valence-electron chi connectivity index (χ2n) is 4.55. The molecule has 1 amide bonds. The molecule has 1 fully saturated rings. The highest BCUT2D eigenvalue weighted by Gasteiger charge is 2.18. The lowest BCUT2D eigenvalue weighted by Gasteiger charge is -2.11. The molecule has 102 valence electrons. The van der Waals surface area contributed by atoms with Crippen LogP contribution < -0.4 is 10.6 Å². The third-order valence-corrected chi connectivity index (χ3v) is 3.74. The number of aromatic carboxylic acids is 1. The maximum atomic E-state index is 11.9. The Morgan fingerprint density at radius 1 is 1.47 bits per heavy atom. The van der Waals surface area contributed by atoms with Crippen LogP contribution in [0.1, 0.15) is 29.6 Å². The number of anilines is 1. The standard InChI is InChI=1S/C13H15BrN2O3/c14-10-6-8(13(18)19)3-4-11(10)16-12(17)7-9-2-1-5-15-9/h3-4,6,9,15H,1-2,5,7H2,(H,16,17)(H,18,19). The summed E-state index contributed by atoms with van der Waals surface area (Å²) in [6, 6.07) is 4.78. The zero-order valence-corrected chi connectivity index (χ0v) is 11.9. The van der Waals surface area contributed by atoms with E-state index in [9.17, 15) is 9.59 Å². The zero-order valence-electron chi connectivity index (χ0n) is 10.3. The number of carboxylic acid groups (broad SMARTS) is 1. The Kier molecular flexibility index (Phi) is 4.55. The van der Waals surface area contributed by atoms with Crippen LogP contribution in [-0.2, 0) is 4.79 Å². The van der Waals surface area contributed by atoms with E-state index < -0.39 is 5.97 Å². The molecule has 0 aromatic heterocycles. The van der Waals surface area contributed by atoms with Gasteiger partial charge in [-0.2, -0.15) is 0 Å². The molecule has 5 nitrogen and oxygen atoms in total. The van der Waals surface area contributed by atoms with Crippen molar-refractivity contribution >= 4 is 33.5 Å². The fraction of sp³-hybridized carbons (Fsp3) is 0.385. The molecule has 0 spiro atoms. The van der Waals surface area contributed by atoms with Gasteiger partial charge in [0.15, 0.2) is 0 Å². The number of carbonyl (C=O) groups excluding carboxylic acids is 1. The highest BCUT2D eigenvalue weighted by atomic mass is 79.9. The number of hydrogen-bond acceptors (Lipinski definition) is 3. The van der Waals surface area contributed by atoms with Crippen LogP contribution in [0.25, 0.3) is 0 Å². The third kappa shape index (κ3) is 3.78. The van der Waals surface area contributed by atoms with Gasteiger partial charge in [0.25, 0.3) is 0 Å². The molecule has 3 N–H and O–H groups in total. The van der Waals surface area contributed by atoms with E-state index in [1.807, 2.05) is 0 Å². The topological polar surface area (TPSA) is 78.4 Å². The van der Waals surface area contributed by atoms with Crippen molar-refractivity contribution in [1.29, 1.82) is 0 Å². The summed E-state index contributed by atoms with van der Waals surface area (Å²) in [7, 11) is 0. The Hall–Kier alpha value is -1.40. The van der Waals surface area contributed by atoms with E-state index in [1.165, 1.54) is 12.1 Å². The molecule has 2 rings (SSSR count). The van der Waals surface area contributed by atoms with E-state index in [0.717, 1.165) is 19.4 Å². The van der Waals surface area contributed by atoms with Gasteiger partial charge in [0.2, 0.25) is 5.91 Å². The summed E-state index contributed by atoms with van der Waals surface area (Å²) in [6.45, 7) is 0.967. The van der Waals surface area contributed by atoms with Gasteiger partial charge < -0.3 is 15.7 Å². The molecular formula is C13H15BrN2O3. The first kappa shape index (κ1) is 14.0. The first-order valence-corrected chi connectivity index (χ1v) is 6.91. The molecule has 0 aliphatic carbocycles. The molecule has 1 atom stereocenters. The maximum Gasteiger partial charge on any atom is 0.335 e.